The molecule has 1 amide bonds. The van der Waals surface area contributed by atoms with Gasteiger partial charge in [-0.05, 0) is 24.1 Å². The van der Waals surface area contributed by atoms with Gasteiger partial charge in [0.2, 0.25) is 0 Å². The Hall–Kier alpha value is -2.47. The van der Waals surface area contributed by atoms with E-state index in [9.17, 15) is 4.79 Å². The Labute approximate surface area is 155 Å². The molecule has 1 aliphatic heterocycles. The van der Waals surface area contributed by atoms with Crippen molar-refractivity contribution in [1.82, 2.24) is 14.9 Å². The molecule has 1 fully saturated rings. The molecule has 0 spiro atoms. The predicted octanol–water partition coefficient (Wildman–Crippen LogP) is 2.99. The van der Waals surface area contributed by atoms with E-state index in [2.05, 4.69) is 45.9 Å². The molecule has 2 aromatic rings. The third-order valence-electron chi connectivity index (χ3n) is 4.85. The average molecular weight is 353 g/mol. The third-order valence-corrected chi connectivity index (χ3v) is 4.85. The lowest BCUT2D eigenvalue weighted by atomic mass is 10.0. The molecule has 1 aromatic carbocycles. The molecular formula is C20H27N5O. The Kier molecular flexibility index (Phi) is 5.83. The molecule has 2 heterocycles. The Morgan fingerprint density at radius 1 is 1.12 bits per heavy atom. The number of nitrogens with one attached hydrogen (secondary N) is 1. The number of hydrogen-bond acceptors (Lipinski definition) is 5. The van der Waals surface area contributed by atoms with Gasteiger partial charge in [-0.25, -0.2) is 9.97 Å². The van der Waals surface area contributed by atoms with E-state index in [1.165, 1.54) is 0 Å². The zero-order valence-corrected chi connectivity index (χ0v) is 15.8. The minimum absolute atomic E-state index is 0.229. The van der Waals surface area contributed by atoms with Crippen LogP contribution in [-0.4, -0.2) is 53.5 Å². The van der Waals surface area contributed by atoms with Crippen molar-refractivity contribution < 1.29 is 4.79 Å². The van der Waals surface area contributed by atoms with Gasteiger partial charge in [0.1, 0.15) is 11.5 Å². The standard InChI is InChI=1S/C20H27N5O/c1-4-24-9-11-25(12-10-24)19-14-21-18(13-22-19)20(26)23-17-8-6-5-7-16(17)15(2)3/h5-8,13-15H,4,9-12H2,1-3H3,(H,23,26). The van der Waals surface area contributed by atoms with Gasteiger partial charge in [-0.2, -0.15) is 0 Å². The van der Waals surface area contributed by atoms with E-state index in [0.717, 1.165) is 49.8 Å². The van der Waals surface area contributed by atoms with Crippen LogP contribution in [0.2, 0.25) is 0 Å². The van der Waals surface area contributed by atoms with Crippen molar-refractivity contribution >= 4 is 17.4 Å². The van der Waals surface area contributed by atoms with Gasteiger partial charge in [-0.15, -0.1) is 0 Å². The summed E-state index contributed by atoms with van der Waals surface area (Å²) in [4.78, 5) is 25.9. The zero-order chi connectivity index (χ0) is 18.5. The van der Waals surface area contributed by atoms with E-state index in [1.807, 2.05) is 24.3 Å². The molecule has 0 saturated carbocycles. The molecule has 0 unspecified atom stereocenters. The molecule has 0 bridgehead atoms. The number of piperazine rings is 1. The number of hydrogen-bond donors (Lipinski definition) is 1. The first-order chi connectivity index (χ1) is 12.6. The molecule has 1 saturated heterocycles. The van der Waals surface area contributed by atoms with Crippen molar-refractivity contribution in [3.8, 4) is 0 Å². The molecule has 6 nitrogen and oxygen atoms in total. The second-order valence-electron chi connectivity index (χ2n) is 6.88. The molecule has 0 radical (unpaired) electrons. The lowest BCUT2D eigenvalue weighted by Crippen LogP contribution is -2.46. The smallest absolute Gasteiger partial charge is 0.275 e. The summed E-state index contributed by atoms with van der Waals surface area (Å²) in [5.74, 6) is 0.939. The molecule has 1 N–H and O–H groups in total. The van der Waals surface area contributed by atoms with Crippen LogP contribution in [0.5, 0.6) is 0 Å². The van der Waals surface area contributed by atoms with Crippen molar-refractivity contribution in [2.75, 3.05) is 42.9 Å². The van der Waals surface area contributed by atoms with Crippen molar-refractivity contribution in [1.29, 1.82) is 0 Å². The molecule has 3 rings (SSSR count). The van der Waals surface area contributed by atoms with Crippen LogP contribution in [0.15, 0.2) is 36.7 Å². The summed E-state index contributed by atoms with van der Waals surface area (Å²) in [6.45, 7) is 11.4. The van der Waals surface area contributed by atoms with E-state index in [4.69, 9.17) is 0 Å². The van der Waals surface area contributed by atoms with Gasteiger partial charge in [0.25, 0.3) is 5.91 Å². The first-order valence-corrected chi connectivity index (χ1v) is 9.28. The molecule has 0 aliphatic carbocycles. The van der Waals surface area contributed by atoms with E-state index >= 15 is 0 Å². The summed E-state index contributed by atoms with van der Waals surface area (Å²) in [6, 6.07) is 7.86. The highest BCUT2D eigenvalue weighted by atomic mass is 16.1. The molecule has 138 valence electrons. The highest BCUT2D eigenvalue weighted by molar-refractivity contribution is 6.03. The molecule has 26 heavy (non-hydrogen) atoms. The highest BCUT2D eigenvalue weighted by Gasteiger charge is 2.18. The maximum Gasteiger partial charge on any atom is 0.275 e. The molecule has 6 heteroatoms. The SMILES string of the molecule is CCN1CCN(c2cnc(C(=O)Nc3ccccc3C(C)C)cn2)CC1. The van der Waals surface area contributed by atoms with Gasteiger partial charge >= 0.3 is 0 Å². The summed E-state index contributed by atoms with van der Waals surface area (Å²) in [5.41, 5.74) is 2.27. The van der Waals surface area contributed by atoms with Crippen LogP contribution in [0, 0.1) is 0 Å². The topological polar surface area (TPSA) is 61.4 Å². The number of para-hydroxylation sites is 1. The number of benzene rings is 1. The lowest BCUT2D eigenvalue weighted by molar-refractivity contribution is 0.102. The van der Waals surface area contributed by atoms with Gasteiger partial charge < -0.3 is 15.1 Å². The Balaban J connectivity index is 1.66. The Morgan fingerprint density at radius 3 is 2.46 bits per heavy atom. The maximum atomic E-state index is 12.5. The first kappa shape index (κ1) is 18.3. The van der Waals surface area contributed by atoms with Crippen LogP contribution < -0.4 is 10.2 Å². The highest BCUT2D eigenvalue weighted by Crippen LogP contribution is 2.24. The number of nitrogens with zero attached hydrogens (tertiary/aromatic N) is 4. The molecular weight excluding hydrogens is 326 g/mol. The van der Waals surface area contributed by atoms with Crippen LogP contribution in [0.3, 0.4) is 0 Å². The normalized spacial score (nSPS) is 15.3. The number of anilines is 2. The first-order valence-electron chi connectivity index (χ1n) is 9.28. The van der Waals surface area contributed by atoms with Gasteiger partial charge in [-0.3, -0.25) is 4.79 Å². The number of carbonyl (C=O) groups is 1. The monoisotopic (exact) mass is 353 g/mol. The van der Waals surface area contributed by atoms with Crippen LogP contribution in [0.1, 0.15) is 42.7 Å². The molecule has 1 aromatic heterocycles. The quantitative estimate of drug-likeness (QED) is 0.895. The predicted molar refractivity (Wildman–Crippen MR) is 105 cm³/mol. The van der Waals surface area contributed by atoms with E-state index < -0.39 is 0 Å². The van der Waals surface area contributed by atoms with Crippen molar-refractivity contribution in [3.63, 3.8) is 0 Å². The minimum atomic E-state index is -0.229. The largest absolute Gasteiger partial charge is 0.353 e. The number of carbonyl (C=O) groups excluding carboxylic acids is 1. The summed E-state index contributed by atoms with van der Waals surface area (Å²) in [5, 5.41) is 2.96. The fourth-order valence-electron chi connectivity index (χ4n) is 3.20. The average Bonchev–Trinajstić information content (AvgIpc) is 2.68. The van der Waals surface area contributed by atoms with Crippen molar-refractivity contribution in [3.05, 3.63) is 47.9 Å². The summed E-state index contributed by atoms with van der Waals surface area (Å²) in [6.07, 6.45) is 3.26. The molecule has 1 aliphatic rings. The second-order valence-corrected chi connectivity index (χ2v) is 6.88. The van der Waals surface area contributed by atoms with E-state index in [1.54, 1.807) is 12.4 Å². The minimum Gasteiger partial charge on any atom is -0.353 e. The fraction of sp³-hybridized carbons (Fsp3) is 0.450. The van der Waals surface area contributed by atoms with E-state index in [0.29, 0.717) is 11.6 Å². The van der Waals surface area contributed by atoms with Gasteiger partial charge in [0, 0.05) is 31.9 Å². The van der Waals surface area contributed by atoms with Crippen LogP contribution in [0.4, 0.5) is 11.5 Å². The maximum absolute atomic E-state index is 12.5. The summed E-state index contributed by atoms with van der Waals surface area (Å²) < 4.78 is 0. The number of aromatic nitrogens is 2. The van der Waals surface area contributed by atoms with Crippen LogP contribution in [-0.2, 0) is 0 Å². The summed E-state index contributed by atoms with van der Waals surface area (Å²) >= 11 is 0. The summed E-state index contributed by atoms with van der Waals surface area (Å²) in [7, 11) is 0. The molecule has 0 atom stereocenters. The number of amides is 1. The van der Waals surface area contributed by atoms with Gasteiger partial charge in [-0.1, -0.05) is 39.0 Å². The van der Waals surface area contributed by atoms with Crippen LogP contribution in [0.25, 0.3) is 0 Å². The fourth-order valence-corrected chi connectivity index (χ4v) is 3.20. The second kappa shape index (κ2) is 8.27. The Bertz CT molecular complexity index is 736. The van der Waals surface area contributed by atoms with Gasteiger partial charge in [0.15, 0.2) is 0 Å². The zero-order valence-electron chi connectivity index (χ0n) is 15.8. The van der Waals surface area contributed by atoms with Crippen LogP contribution >= 0.6 is 0 Å². The van der Waals surface area contributed by atoms with E-state index in [-0.39, 0.29) is 5.91 Å². The third kappa shape index (κ3) is 4.19. The lowest BCUT2D eigenvalue weighted by Gasteiger charge is -2.34. The number of rotatable bonds is 5. The van der Waals surface area contributed by atoms with Crippen molar-refractivity contribution in [2.24, 2.45) is 0 Å². The number of likely N-dealkylation sites (N-methyl/N-ethyl adjacent to an activating group) is 1. The van der Waals surface area contributed by atoms with Crippen molar-refractivity contribution in [2.45, 2.75) is 26.7 Å². The van der Waals surface area contributed by atoms with Gasteiger partial charge in [0.05, 0.1) is 12.4 Å². The Morgan fingerprint density at radius 2 is 1.85 bits per heavy atom.